The van der Waals surface area contributed by atoms with E-state index in [0.717, 1.165) is 25.2 Å². The number of nitrogens with one attached hydrogen (secondary N) is 1. The number of hydrogen-bond donors (Lipinski definition) is 1. The summed E-state index contributed by atoms with van der Waals surface area (Å²) in [6, 6.07) is 14.4. The van der Waals surface area contributed by atoms with Crippen LogP contribution in [0.2, 0.25) is 0 Å². The maximum absolute atomic E-state index is 13.3. The van der Waals surface area contributed by atoms with Crippen molar-refractivity contribution in [3.05, 3.63) is 91.1 Å². The summed E-state index contributed by atoms with van der Waals surface area (Å²) in [7, 11) is 1.53. The third-order valence-electron chi connectivity index (χ3n) is 6.22. The molecule has 37 heavy (non-hydrogen) atoms. The van der Waals surface area contributed by atoms with Gasteiger partial charge in [-0.15, -0.1) is 0 Å². The second kappa shape index (κ2) is 10.8. The Morgan fingerprint density at radius 1 is 0.919 bits per heavy atom. The van der Waals surface area contributed by atoms with Crippen molar-refractivity contribution in [2.75, 3.05) is 12.0 Å². The molecule has 1 aliphatic heterocycles. The number of ether oxygens (including phenoxy) is 2. The Morgan fingerprint density at radius 2 is 1.65 bits per heavy atom. The predicted octanol–water partition coefficient (Wildman–Crippen LogP) is 5.78. The predicted molar refractivity (Wildman–Crippen MR) is 151 cm³/mol. The summed E-state index contributed by atoms with van der Waals surface area (Å²) in [6.07, 6.45) is 1.46. The summed E-state index contributed by atoms with van der Waals surface area (Å²) in [5.41, 5.74) is 5.91. The van der Waals surface area contributed by atoms with E-state index >= 15 is 0 Å². The van der Waals surface area contributed by atoms with Crippen LogP contribution in [0.15, 0.2) is 54.1 Å². The Hall–Kier alpha value is -3.66. The van der Waals surface area contributed by atoms with Gasteiger partial charge in [0.25, 0.3) is 11.8 Å². The van der Waals surface area contributed by atoms with Gasteiger partial charge in [-0.3, -0.25) is 14.9 Å². The molecule has 0 saturated carbocycles. The van der Waals surface area contributed by atoms with Crippen LogP contribution in [0.1, 0.15) is 33.4 Å². The van der Waals surface area contributed by atoms with Crippen molar-refractivity contribution in [1.29, 1.82) is 0 Å². The number of nitrogens with zero attached hydrogens (tertiary/aromatic N) is 1. The first-order valence-corrected chi connectivity index (χ1v) is 12.7. The van der Waals surface area contributed by atoms with E-state index in [0.29, 0.717) is 29.4 Å². The van der Waals surface area contributed by atoms with E-state index in [1.165, 1.54) is 24.3 Å². The van der Waals surface area contributed by atoms with Gasteiger partial charge in [0.05, 0.1) is 16.4 Å². The number of imide groups is 2. The van der Waals surface area contributed by atoms with E-state index in [-0.39, 0.29) is 5.57 Å². The highest BCUT2D eigenvalue weighted by Gasteiger charge is 2.37. The second-order valence-electron chi connectivity index (χ2n) is 8.99. The molecule has 1 heterocycles. The molecule has 3 aromatic rings. The average molecular weight is 610 g/mol. The lowest BCUT2D eigenvalue weighted by Gasteiger charge is -2.28. The average Bonchev–Trinajstić information content (AvgIpc) is 2.84. The zero-order valence-corrected chi connectivity index (χ0v) is 23.4. The van der Waals surface area contributed by atoms with E-state index in [9.17, 15) is 14.4 Å². The van der Waals surface area contributed by atoms with E-state index in [1.807, 2.05) is 25.1 Å². The summed E-state index contributed by atoms with van der Waals surface area (Å²) in [5, 5.41) is 2.28. The van der Waals surface area contributed by atoms with Gasteiger partial charge in [-0.25, -0.2) is 9.69 Å². The summed E-state index contributed by atoms with van der Waals surface area (Å²) < 4.78 is 12.4. The molecule has 1 saturated heterocycles. The van der Waals surface area contributed by atoms with Crippen molar-refractivity contribution >= 4 is 52.2 Å². The van der Waals surface area contributed by atoms with E-state index in [2.05, 4.69) is 53.9 Å². The third-order valence-corrected chi connectivity index (χ3v) is 7.03. The van der Waals surface area contributed by atoms with Crippen LogP contribution in [0.25, 0.3) is 6.08 Å². The van der Waals surface area contributed by atoms with Crippen molar-refractivity contribution < 1.29 is 23.9 Å². The molecule has 0 spiro atoms. The van der Waals surface area contributed by atoms with Crippen LogP contribution in [-0.2, 0) is 16.2 Å². The Kier molecular flexibility index (Phi) is 7.68. The van der Waals surface area contributed by atoms with E-state index in [1.54, 1.807) is 25.1 Å². The molecule has 0 unspecified atom stereocenters. The molecule has 0 atom stereocenters. The van der Waals surface area contributed by atoms with Crippen LogP contribution < -0.4 is 19.7 Å². The number of hydrogen-bond acceptors (Lipinski definition) is 5. The summed E-state index contributed by atoms with van der Waals surface area (Å²) >= 11 is 2.13. The number of urea groups is 1. The number of barbiturate groups is 1. The minimum Gasteiger partial charge on any atom is -0.493 e. The quantitative estimate of drug-likeness (QED) is 0.218. The van der Waals surface area contributed by atoms with Crippen LogP contribution >= 0.6 is 22.6 Å². The van der Waals surface area contributed by atoms with Crippen molar-refractivity contribution in [3.63, 3.8) is 0 Å². The molecule has 0 radical (unpaired) electrons. The van der Waals surface area contributed by atoms with Gasteiger partial charge in [0.2, 0.25) is 0 Å². The fourth-order valence-corrected chi connectivity index (χ4v) is 4.80. The van der Waals surface area contributed by atoms with E-state index < -0.39 is 17.8 Å². The van der Waals surface area contributed by atoms with Crippen LogP contribution in [0.5, 0.6) is 11.5 Å². The number of carbonyl (C=O) groups excluding carboxylic acids is 3. The number of benzene rings is 3. The Balaban J connectivity index is 1.65. The maximum atomic E-state index is 13.3. The standard InChI is InChI=1S/C29H27IN2O5/c1-16-6-7-18(3)24(10-16)32-28(34)22(27(33)31-29(32)35)12-21-13-23(30)26(25(14-21)36-5)37-15-20-9-8-17(2)19(4)11-20/h6-14H,15H2,1-5H3,(H,31,33,35)/b22-12+. The van der Waals surface area contributed by atoms with Gasteiger partial charge in [0.15, 0.2) is 11.5 Å². The summed E-state index contributed by atoms with van der Waals surface area (Å²) in [4.78, 5) is 39.6. The fraction of sp³-hybridized carbons (Fsp3) is 0.207. The Labute approximate surface area is 229 Å². The first-order chi connectivity index (χ1) is 17.6. The molecule has 0 aliphatic carbocycles. The highest BCUT2D eigenvalue weighted by molar-refractivity contribution is 14.1. The zero-order valence-electron chi connectivity index (χ0n) is 21.3. The van der Waals surface area contributed by atoms with Gasteiger partial charge in [0, 0.05) is 0 Å². The normalized spacial score (nSPS) is 14.7. The van der Waals surface area contributed by atoms with Crippen LogP contribution in [-0.4, -0.2) is 25.0 Å². The molecule has 1 N–H and O–H groups in total. The van der Waals surface area contributed by atoms with Crippen molar-refractivity contribution in [3.8, 4) is 11.5 Å². The maximum Gasteiger partial charge on any atom is 0.335 e. The molecular formula is C29H27IN2O5. The molecule has 8 heteroatoms. The Morgan fingerprint density at radius 3 is 2.35 bits per heavy atom. The van der Waals surface area contributed by atoms with Gasteiger partial charge >= 0.3 is 6.03 Å². The minimum absolute atomic E-state index is 0.151. The molecule has 4 amide bonds. The third kappa shape index (κ3) is 5.53. The Bertz CT molecular complexity index is 1460. The van der Waals surface area contributed by atoms with Crippen LogP contribution in [0, 0.1) is 31.3 Å². The van der Waals surface area contributed by atoms with Gasteiger partial charge in [-0.1, -0.05) is 30.3 Å². The number of aryl methyl sites for hydroxylation is 4. The molecular weight excluding hydrogens is 583 g/mol. The number of methoxy groups -OCH3 is 1. The smallest absolute Gasteiger partial charge is 0.335 e. The zero-order chi connectivity index (χ0) is 26.9. The number of rotatable bonds is 6. The number of halogens is 1. The summed E-state index contributed by atoms with van der Waals surface area (Å²) in [5.74, 6) is -0.407. The molecule has 4 rings (SSSR count). The molecule has 1 aliphatic rings. The first kappa shape index (κ1) is 26.4. The largest absolute Gasteiger partial charge is 0.493 e. The van der Waals surface area contributed by atoms with E-state index in [4.69, 9.17) is 9.47 Å². The first-order valence-electron chi connectivity index (χ1n) is 11.6. The lowest BCUT2D eigenvalue weighted by molar-refractivity contribution is -0.122. The van der Waals surface area contributed by atoms with Crippen LogP contribution in [0.3, 0.4) is 0 Å². The van der Waals surface area contributed by atoms with Crippen molar-refractivity contribution in [2.24, 2.45) is 0 Å². The number of amides is 4. The van der Waals surface area contributed by atoms with Crippen LogP contribution in [0.4, 0.5) is 10.5 Å². The van der Waals surface area contributed by atoms with Gasteiger partial charge < -0.3 is 9.47 Å². The van der Waals surface area contributed by atoms with Gasteiger partial charge in [-0.2, -0.15) is 0 Å². The monoisotopic (exact) mass is 610 g/mol. The molecule has 1 fully saturated rings. The van der Waals surface area contributed by atoms with Crippen molar-refractivity contribution in [2.45, 2.75) is 34.3 Å². The highest BCUT2D eigenvalue weighted by Crippen LogP contribution is 2.36. The molecule has 7 nitrogen and oxygen atoms in total. The fourth-order valence-electron chi connectivity index (χ4n) is 4.02. The second-order valence-corrected chi connectivity index (χ2v) is 10.2. The molecule has 190 valence electrons. The summed E-state index contributed by atoms with van der Waals surface area (Å²) in [6.45, 7) is 8.16. The number of anilines is 1. The topological polar surface area (TPSA) is 84.9 Å². The van der Waals surface area contributed by atoms with Gasteiger partial charge in [-0.05, 0) is 108 Å². The SMILES string of the molecule is COc1cc(/C=C2\C(=O)NC(=O)N(c3cc(C)ccc3C)C2=O)cc(I)c1OCc1ccc(C)c(C)c1. The lowest BCUT2D eigenvalue weighted by Crippen LogP contribution is -2.54. The number of carbonyl (C=O) groups is 3. The van der Waals surface area contributed by atoms with Gasteiger partial charge in [0.1, 0.15) is 12.2 Å². The highest BCUT2D eigenvalue weighted by atomic mass is 127. The molecule has 0 aromatic heterocycles. The molecule has 3 aromatic carbocycles. The van der Waals surface area contributed by atoms with Crippen molar-refractivity contribution in [1.82, 2.24) is 5.32 Å². The molecule has 0 bridgehead atoms. The lowest BCUT2D eigenvalue weighted by atomic mass is 10.0. The minimum atomic E-state index is -0.775.